The Bertz CT molecular complexity index is 596. The van der Waals surface area contributed by atoms with E-state index in [4.69, 9.17) is 9.15 Å². The van der Waals surface area contributed by atoms with Gasteiger partial charge < -0.3 is 14.5 Å². The van der Waals surface area contributed by atoms with Crippen LogP contribution in [-0.4, -0.2) is 35.0 Å². The summed E-state index contributed by atoms with van der Waals surface area (Å²) in [7, 11) is 1.61. The number of ether oxygens (including phenoxy) is 1. The molecule has 1 aromatic heterocycles. The number of benzene rings is 1. The van der Waals surface area contributed by atoms with Crippen LogP contribution < -0.4 is 10.1 Å². The van der Waals surface area contributed by atoms with Crippen LogP contribution in [0.15, 0.2) is 33.9 Å². The molecule has 0 spiro atoms. The predicted octanol–water partition coefficient (Wildman–Crippen LogP) is 2.36. The van der Waals surface area contributed by atoms with E-state index in [1.807, 2.05) is 38.1 Å². The minimum Gasteiger partial charge on any atom is -0.497 e. The van der Waals surface area contributed by atoms with E-state index in [0.29, 0.717) is 11.1 Å². The second-order valence-electron chi connectivity index (χ2n) is 4.61. The van der Waals surface area contributed by atoms with Gasteiger partial charge in [0.25, 0.3) is 5.22 Å². The molecule has 0 atom stereocenters. The third-order valence-electron chi connectivity index (χ3n) is 2.52. The highest BCUT2D eigenvalue weighted by molar-refractivity contribution is 7.99. The van der Waals surface area contributed by atoms with Gasteiger partial charge in [-0.25, -0.2) is 0 Å². The molecule has 2 aromatic rings. The first-order valence-electron chi connectivity index (χ1n) is 6.48. The molecule has 1 aromatic carbocycles. The van der Waals surface area contributed by atoms with Gasteiger partial charge in [0.15, 0.2) is 0 Å². The first-order valence-corrected chi connectivity index (χ1v) is 7.47. The van der Waals surface area contributed by atoms with Gasteiger partial charge in [0.2, 0.25) is 11.8 Å². The van der Waals surface area contributed by atoms with Crippen LogP contribution in [0, 0.1) is 0 Å². The van der Waals surface area contributed by atoms with Crippen molar-refractivity contribution in [3.8, 4) is 17.2 Å². The van der Waals surface area contributed by atoms with Crippen LogP contribution in [0.2, 0.25) is 0 Å². The number of methoxy groups -OCH3 is 1. The van der Waals surface area contributed by atoms with E-state index >= 15 is 0 Å². The monoisotopic (exact) mass is 307 g/mol. The molecule has 2 rings (SSSR count). The van der Waals surface area contributed by atoms with Crippen LogP contribution >= 0.6 is 11.8 Å². The molecule has 0 saturated heterocycles. The molecule has 0 fully saturated rings. The number of hydrogen-bond acceptors (Lipinski definition) is 6. The highest BCUT2D eigenvalue weighted by Crippen LogP contribution is 2.24. The quantitative estimate of drug-likeness (QED) is 0.826. The highest BCUT2D eigenvalue weighted by Gasteiger charge is 2.11. The molecule has 1 N–H and O–H groups in total. The number of rotatable bonds is 6. The summed E-state index contributed by atoms with van der Waals surface area (Å²) in [4.78, 5) is 11.5. The van der Waals surface area contributed by atoms with Crippen molar-refractivity contribution in [1.29, 1.82) is 0 Å². The van der Waals surface area contributed by atoms with Crippen molar-refractivity contribution in [2.24, 2.45) is 0 Å². The summed E-state index contributed by atoms with van der Waals surface area (Å²) in [6.45, 7) is 3.83. The van der Waals surface area contributed by atoms with Crippen molar-refractivity contribution in [2.45, 2.75) is 25.1 Å². The number of carbonyl (C=O) groups excluding carboxylic acids is 1. The summed E-state index contributed by atoms with van der Waals surface area (Å²) in [6.07, 6.45) is 0. The molecule has 21 heavy (non-hydrogen) atoms. The number of nitrogens with one attached hydrogen (secondary N) is 1. The van der Waals surface area contributed by atoms with E-state index in [-0.39, 0.29) is 17.7 Å². The van der Waals surface area contributed by atoms with Gasteiger partial charge in [-0.2, -0.15) is 0 Å². The summed E-state index contributed by atoms with van der Waals surface area (Å²) in [5.41, 5.74) is 0.807. The van der Waals surface area contributed by atoms with Gasteiger partial charge in [-0.05, 0) is 38.1 Å². The zero-order valence-electron chi connectivity index (χ0n) is 12.1. The van der Waals surface area contributed by atoms with E-state index in [1.54, 1.807) is 7.11 Å². The summed E-state index contributed by atoms with van der Waals surface area (Å²) >= 11 is 1.22. The average molecular weight is 307 g/mol. The van der Waals surface area contributed by atoms with Crippen molar-refractivity contribution < 1.29 is 13.9 Å². The van der Waals surface area contributed by atoms with Gasteiger partial charge in [-0.15, -0.1) is 10.2 Å². The number of nitrogens with zero attached hydrogens (tertiary/aromatic N) is 2. The standard InChI is InChI=1S/C14H17N3O3S/c1-9(2)15-12(18)8-21-14-17-16-13(20-14)10-4-6-11(19-3)7-5-10/h4-7,9H,8H2,1-3H3,(H,15,18). The SMILES string of the molecule is COc1ccc(-c2nnc(SCC(=O)NC(C)C)o2)cc1. The number of carbonyl (C=O) groups is 1. The Morgan fingerprint density at radius 3 is 2.67 bits per heavy atom. The first-order chi connectivity index (χ1) is 10.1. The summed E-state index contributed by atoms with van der Waals surface area (Å²) in [5.74, 6) is 1.38. The average Bonchev–Trinajstić information content (AvgIpc) is 2.93. The van der Waals surface area contributed by atoms with Crippen molar-refractivity contribution in [3.63, 3.8) is 0 Å². The molecule has 0 aliphatic carbocycles. The summed E-state index contributed by atoms with van der Waals surface area (Å²) < 4.78 is 10.6. The molecular weight excluding hydrogens is 290 g/mol. The fourth-order valence-electron chi connectivity index (χ4n) is 1.61. The molecule has 0 saturated carbocycles. The van der Waals surface area contributed by atoms with Crippen molar-refractivity contribution in [2.75, 3.05) is 12.9 Å². The van der Waals surface area contributed by atoms with Gasteiger partial charge in [-0.1, -0.05) is 11.8 Å². The molecule has 6 nitrogen and oxygen atoms in total. The van der Waals surface area contributed by atoms with Crippen LogP contribution in [0.3, 0.4) is 0 Å². The maximum absolute atomic E-state index is 11.5. The number of thioether (sulfide) groups is 1. The highest BCUT2D eigenvalue weighted by atomic mass is 32.2. The van der Waals surface area contributed by atoms with E-state index in [9.17, 15) is 4.79 Å². The van der Waals surface area contributed by atoms with Gasteiger partial charge in [-0.3, -0.25) is 4.79 Å². The number of amides is 1. The summed E-state index contributed by atoms with van der Waals surface area (Å²) in [6, 6.07) is 7.44. The number of aromatic nitrogens is 2. The second kappa shape index (κ2) is 7.12. The van der Waals surface area contributed by atoms with Crippen molar-refractivity contribution in [3.05, 3.63) is 24.3 Å². The summed E-state index contributed by atoms with van der Waals surface area (Å²) in [5, 5.41) is 11.1. The minimum atomic E-state index is -0.0563. The molecule has 1 amide bonds. The minimum absolute atomic E-state index is 0.0563. The molecule has 0 aliphatic rings. The number of hydrogen-bond donors (Lipinski definition) is 1. The van der Waals surface area contributed by atoms with E-state index in [0.717, 1.165) is 11.3 Å². The van der Waals surface area contributed by atoms with Crippen LogP contribution in [0.1, 0.15) is 13.8 Å². The lowest BCUT2D eigenvalue weighted by molar-refractivity contribution is -0.119. The van der Waals surface area contributed by atoms with Gasteiger partial charge in [0.05, 0.1) is 12.9 Å². The van der Waals surface area contributed by atoms with E-state index in [1.165, 1.54) is 11.8 Å². The second-order valence-corrected chi connectivity index (χ2v) is 5.54. The van der Waals surface area contributed by atoms with Gasteiger partial charge in [0.1, 0.15) is 5.75 Å². The lowest BCUT2D eigenvalue weighted by Gasteiger charge is -2.06. The molecule has 112 valence electrons. The molecule has 0 bridgehead atoms. The molecule has 0 unspecified atom stereocenters. The normalized spacial score (nSPS) is 10.7. The molecule has 0 aliphatic heterocycles. The predicted molar refractivity (Wildman–Crippen MR) is 80.3 cm³/mol. The zero-order chi connectivity index (χ0) is 15.2. The van der Waals surface area contributed by atoms with Gasteiger partial charge >= 0.3 is 0 Å². The Morgan fingerprint density at radius 2 is 2.05 bits per heavy atom. The fourth-order valence-corrected chi connectivity index (χ4v) is 2.18. The van der Waals surface area contributed by atoms with Crippen LogP contribution in [-0.2, 0) is 4.79 Å². The Labute approximate surface area is 127 Å². The Balaban J connectivity index is 1.96. The Morgan fingerprint density at radius 1 is 1.33 bits per heavy atom. The van der Waals surface area contributed by atoms with Crippen LogP contribution in [0.25, 0.3) is 11.5 Å². The maximum atomic E-state index is 11.5. The van der Waals surface area contributed by atoms with Crippen molar-refractivity contribution >= 4 is 17.7 Å². The van der Waals surface area contributed by atoms with Crippen LogP contribution in [0.4, 0.5) is 0 Å². The first kappa shape index (κ1) is 15.4. The maximum Gasteiger partial charge on any atom is 0.277 e. The third-order valence-corrected chi connectivity index (χ3v) is 3.34. The lowest BCUT2D eigenvalue weighted by Crippen LogP contribution is -2.31. The molecule has 0 radical (unpaired) electrons. The Kier molecular flexibility index (Phi) is 5.21. The van der Waals surface area contributed by atoms with Gasteiger partial charge in [0, 0.05) is 11.6 Å². The topological polar surface area (TPSA) is 77.2 Å². The fraction of sp³-hybridized carbons (Fsp3) is 0.357. The smallest absolute Gasteiger partial charge is 0.277 e. The van der Waals surface area contributed by atoms with E-state index in [2.05, 4.69) is 15.5 Å². The molecule has 7 heteroatoms. The van der Waals surface area contributed by atoms with E-state index < -0.39 is 0 Å². The van der Waals surface area contributed by atoms with Crippen molar-refractivity contribution in [1.82, 2.24) is 15.5 Å². The lowest BCUT2D eigenvalue weighted by atomic mass is 10.2. The largest absolute Gasteiger partial charge is 0.497 e. The third kappa shape index (κ3) is 4.49. The van der Waals surface area contributed by atoms with Crippen LogP contribution in [0.5, 0.6) is 5.75 Å². The molecular formula is C14H17N3O3S. The molecule has 1 heterocycles. The zero-order valence-corrected chi connectivity index (χ0v) is 12.9. The Hall–Kier alpha value is -2.02.